The fourth-order valence-electron chi connectivity index (χ4n) is 3.39. The molecule has 1 aliphatic carbocycles. The Morgan fingerprint density at radius 1 is 1.37 bits per heavy atom. The van der Waals surface area contributed by atoms with Gasteiger partial charge in [-0.25, -0.2) is 0 Å². The van der Waals surface area contributed by atoms with Gasteiger partial charge in [-0.1, -0.05) is 0 Å². The summed E-state index contributed by atoms with van der Waals surface area (Å²) >= 11 is 0. The number of fused-ring (bicyclic) bond motifs is 2. The molecule has 2 heterocycles. The van der Waals surface area contributed by atoms with Crippen molar-refractivity contribution in [2.45, 2.75) is 64.7 Å². The summed E-state index contributed by atoms with van der Waals surface area (Å²) in [7, 11) is 0. The van der Waals surface area contributed by atoms with Crippen LogP contribution in [0, 0.1) is 5.92 Å². The Morgan fingerprint density at radius 3 is 2.84 bits per heavy atom. The first-order valence-corrected chi connectivity index (χ1v) is 7.55. The van der Waals surface area contributed by atoms with E-state index in [4.69, 9.17) is 4.42 Å². The molecule has 3 nitrogen and oxygen atoms in total. The molecule has 2 fully saturated rings. The molecule has 1 N–H and O–H groups in total. The molecule has 1 aliphatic heterocycles. The second-order valence-corrected chi connectivity index (χ2v) is 7.29. The lowest BCUT2D eigenvalue weighted by Gasteiger charge is -2.25. The lowest BCUT2D eigenvalue weighted by Crippen LogP contribution is -2.34. The van der Waals surface area contributed by atoms with Gasteiger partial charge in [0.1, 0.15) is 5.76 Å². The second kappa shape index (κ2) is 4.95. The van der Waals surface area contributed by atoms with E-state index in [1.807, 2.05) is 6.26 Å². The highest BCUT2D eigenvalue weighted by Gasteiger charge is 2.37. The predicted octanol–water partition coefficient (Wildman–Crippen LogP) is 3.15. The molecule has 3 rings (SSSR count). The summed E-state index contributed by atoms with van der Waals surface area (Å²) in [5.41, 5.74) is 1.42. The van der Waals surface area contributed by atoms with Crippen LogP contribution in [0.25, 0.3) is 0 Å². The molecule has 1 saturated carbocycles. The van der Waals surface area contributed by atoms with Crippen LogP contribution in [0.2, 0.25) is 0 Å². The zero-order valence-electron chi connectivity index (χ0n) is 12.4. The molecule has 2 bridgehead atoms. The standard InChI is InChI=1S/C16H26N2O/c1-16(2,3)17-8-13-7-15(19-11-13)10-18-9-12-4-5-14(18)6-12/h7,11-12,14,17H,4-6,8-10H2,1-3H3. The highest BCUT2D eigenvalue weighted by Crippen LogP contribution is 2.38. The van der Waals surface area contributed by atoms with Crippen molar-refractivity contribution >= 4 is 0 Å². The van der Waals surface area contributed by atoms with E-state index >= 15 is 0 Å². The number of nitrogens with one attached hydrogen (secondary N) is 1. The van der Waals surface area contributed by atoms with E-state index in [-0.39, 0.29) is 5.54 Å². The molecule has 0 spiro atoms. The summed E-state index contributed by atoms with van der Waals surface area (Å²) in [5, 5.41) is 3.50. The first-order chi connectivity index (χ1) is 8.99. The maximum absolute atomic E-state index is 5.72. The molecule has 106 valence electrons. The highest BCUT2D eigenvalue weighted by molar-refractivity contribution is 5.13. The minimum atomic E-state index is 0.158. The number of piperidine rings is 1. The van der Waals surface area contributed by atoms with Gasteiger partial charge in [0.25, 0.3) is 0 Å². The van der Waals surface area contributed by atoms with E-state index in [9.17, 15) is 0 Å². The molecular formula is C16H26N2O. The monoisotopic (exact) mass is 262 g/mol. The van der Waals surface area contributed by atoms with Gasteiger partial charge >= 0.3 is 0 Å². The Hall–Kier alpha value is -0.800. The number of nitrogens with zero attached hydrogens (tertiary/aromatic N) is 1. The van der Waals surface area contributed by atoms with Crippen molar-refractivity contribution in [3.63, 3.8) is 0 Å². The van der Waals surface area contributed by atoms with Crippen molar-refractivity contribution in [1.29, 1.82) is 0 Å². The van der Waals surface area contributed by atoms with Crippen LogP contribution >= 0.6 is 0 Å². The number of hydrogen-bond acceptors (Lipinski definition) is 3. The molecule has 2 aliphatic rings. The van der Waals surface area contributed by atoms with Crippen molar-refractivity contribution in [2.24, 2.45) is 5.92 Å². The fraction of sp³-hybridized carbons (Fsp3) is 0.750. The van der Waals surface area contributed by atoms with Gasteiger partial charge in [0.2, 0.25) is 0 Å². The fourth-order valence-corrected chi connectivity index (χ4v) is 3.39. The van der Waals surface area contributed by atoms with Crippen LogP contribution in [-0.2, 0) is 13.1 Å². The number of furan rings is 1. The summed E-state index contributed by atoms with van der Waals surface area (Å²) < 4.78 is 5.72. The zero-order valence-corrected chi connectivity index (χ0v) is 12.4. The Kier molecular flexibility index (Phi) is 3.44. The van der Waals surface area contributed by atoms with Crippen molar-refractivity contribution in [3.8, 4) is 0 Å². The van der Waals surface area contributed by atoms with Crippen LogP contribution in [0.5, 0.6) is 0 Å². The Labute approximate surface area is 116 Å². The van der Waals surface area contributed by atoms with Crippen molar-refractivity contribution < 1.29 is 4.42 Å². The number of likely N-dealkylation sites (tertiary alicyclic amines) is 1. The quantitative estimate of drug-likeness (QED) is 0.903. The van der Waals surface area contributed by atoms with Gasteiger partial charge in [-0.2, -0.15) is 0 Å². The minimum absolute atomic E-state index is 0.158. The molecule has 3 heteroatoms. The van der Waals surface area contributed by atoms with Gasteiger partial charge in [-0.15, -0.1) is 0 Å². The van der Waals surface area contributed by atoms with E-state index in [1.54, 1.807) is 0 Å². The van der Waals surface area contributed by atoms with Gasteiger partial charge in [0.15, 0.2) is 0 Å². The van der Waals surface area contributed by atoms with E-state index in [1.165, 1.54) is 31.4 Å². The van der Waals surface area contributed by atoms with Crippen LogP contribution in [0.15, 0.2) is 16.7 Å². The lowest BCUT2D eigenvalue weighted by molar-refractivity contribution is 0.190. The SMILES string of the molecule is CC(C)(C)NCc1coc(CN2CC3CCC2C3)c1. The first kappa shape index (κ1) is 13.2. The van der Waals surface area contributed by atoms with Crippen molar-refractivity contribution in [3.05, 3.63) is 23.7 Å². The van der Waals surface area contributed by atoms with Gasteiger partial charge in [0, 0.05) is 30.2 Å². The Bertz CT molecular complexity index is 432. The third-order valence-corrected chi connectivity index (χ3v) is 4.41. The molecule has 19 heavy (non-hydrogen) atoms. The molecular weight excluding hydrogens is 236 g/mol. The third-order valence-electron chi connectivity index (χ3n) is 4.41. The number of hydrogen-bond donors (Lipinski definition) is 1. The van der Waals surface area contributed by atoms with Crippen LogP contribution in [0.1, 0.15) is 51.4 Å². The molecule has 0 radical (unpaired) electrons. The molecule has 1 aromatic heterocycles. The predicted molar refractivity (Wildman–Crippen MR) is 76.8 cm³/mol. The zero-order chi connectivity index (χ0) is 13.5. The molecule has 2 unspecified atom stereocenters. The van der Waals surface area contributed by atoms with E-state index < -0.39 is 0 Å². The molecule has 1 saturated heterocycles. The van der Waals surface area contributed by atoms with Crippen LogP contribution in [-0.4, -0.2) is 23.0 Å². The van der Waals surface area contributed by atoms with E-state index in [2.05, 4.69) is 37.1 Å². The van der Waals surface area contributed by atoms with Crippen molar-refractivity contribution in [1.82, 2.24) is 10.2 Å². The van der Waals surface area contributed by atoms with Gasteiger partial charge in [-0.05, 0) is 52.0 Å². The molecule has 0 aromatic carbocycles. The average molecular weight is 262 g/mol. The minimum Gasteiger partial charge on any atom is -0.468 e. The summed E-state index contributed by atoms with van der Waals surface area (Å²) in [4.78, 5) is 2.61. The lowest BCUT2D eigenvalue weighted by atomic mass is 10.1. The van der Waals surface area contributed by atoms with Crippen LogP contribution in [0.3, 0.4) is 0 Å². The Balaban J connectivity index is 1.53. The summed E-state index contributed by atoms with van der Waals surface area (Å²) in [6, 6.07) is 3.04. The summed E-state index contributed by atoms with van der Waals surface area (Å²) in [5.74, 6) is 2.08. The van der Waals surface area contributed by atoms with E-state index in [0.29, 0.717) is 0 Å². The summed E-state index contributed by atoms with van der Waals surface area (Å²) in [6.45, 7) is 9.73. The maximum atomic E-state index is 5.72. The highest BCUT2D eigenvalue weighted by atomic mass is 16.3. The normalized spacial score (nSPS) is 27.3. The van der Waals surface area contributed by atoms with Crippen LogP contribution < -0.4 is 5.32 Å². The van der Waals surface area contributed by atoms with Gasteiger partial charge < -0.3 is 9.73 Å². The van der Waals surface area contributed by atoms with Crippen LogP contribution in [0.4, 0.5) is 0 Å². The maximum Gasteiger partial charge on any atom is 0.118 e. The molecule has 2 atom stereocenters. The van der Waals surface area contributed by atoms with Gasteiger partial charge in [0.05, 0.1) is 12.8 Å². The molecule has 0 amide bonds. The second-order valence-electron chi connectivity index (χ2n) is 7.29. The molecule has 1 aromatic rings. The largest absolute Gasteiger partial charge is 0.468 e. The van der Waals surface area contributed by atoms with Gasteiger partial charge in [-0.3, -0.25) is 4.90 Å². The van der Waals surface area contributed by atoms with Crippen molar-refractivity contribution in [2.75, 3.05) is 6.54 Å². The topological polar surface area (TPSA) is 28.4 Å². The third kappa shape index (κ3) is 3.21. The van der Waals surface area contributed by atoms with E-state index in [0.717, 1.165) is 30.8 Å². The smallest absolute Gasteiger partial charge is 0.118 e. The Morgan fingerprint density at radius 2 is 2.21 bits per heavy atom. The first-order valence-electron chi connectivity index (χ1n) is 7.55. The number of rotatable bonds is 4. The average Bonchev–Trinajstić information content (AvgIpc) is 3.01. The summed E-state index contributed by atoms with van der Waals surface area (Å²) in [6.07, 6.45) is 6.16.